The molecule has 0 unspecified atom stereocenters. The van der Waals surface area contributed by atoms with Gasteiger partial charge in [-0.2, -0.15) is 0 Å². The van der Waals surface area contributed by atoms with Gasteiger partial charge in [0.05, 0.1) is 16.7 Å². The second kappa shape index (κ2) is 6.56. The number of thioether (sulfide) groups is 1. The quantitative estimate of drug-likeness (QED) is 0.672. The van der Waals surface area contributed by atoms with Crippen molar-refractivity contribution in [2.75, 3.05) is 12.8 Å². The number of carbonyl (C=O) groups is 1. The maximum atomic E-state index is 12.5. The predicted octanol–water partition coefficient (Wildman–Crippen LogP) is 1.64. The van der Waals surface area contributed by atoms with Gasteiger partial charge in [0, 0.05) is 13.6 Å². The van der Waals surface area contributed by atoms with Crippen LogP contribution in [0.5, 0.6) is 0 Å². The van der Waals surface area contributed by atoms with E-state index in [9.17, 15) is 9.59 Å². The summed E-state index contributed by atoms with van der Waals surface area (Å²) in [7, 11) is 1.59. The molecule has 106 valence electrons. The van der Waals surface area contributed by atoms with Crippen molar-refractivity contribution in [3.8, 4) is 0 Å². The Labute approximate surface area is 121 Å². The zero-order chi connectivity index (χ0) is 14.5. The fourth-order valence-electron chi connectivity index (χ4n) is 1.88. The van der Waals surface area contributed by atoms with Crippen molar-refractivity contribution >= 4 is 28.6 Å². The lowest BCUT2D eigenvalue weighted by Gasteiger charge is -2.11. The third-order valence-corrected chi connectivity index (χ3v) is 3.86. The van der Waals surface area contributed by atoms with Crippen molar-refractivity contribution in [2.24, 2.45) is 0 Å². The Hall–Kier alpha value is -1.82. The molecule has 0 aliphatic carbocycles. The van der Waals surface area contributed by atoms with Crippen LogP contribution in [0.2, 0.25) is 0 Å². The summed E-state index contributed by atoms with van der Waals surface area (Å²) in [5.41, 5.74) is 0.626. The third kappa shape index (κ3) is 3.01. The van der Waals surface area contributed by atoms with Gasteiger partial charge in [-0.15, -0.1) is 0 Å². The molecule has 2 aromatic rings. The monoisotopic (exact) mass is 291 g/mol. The molecule has 0 aliphatic heterocycles. The number of carbonyl (C=O) groups excluding carboxylic acids is 1. The minimum Gasteiger partial charge on any atom is -0.358 e. The number of para-hydroxylation sites is 1. The Morgan fingerprint density at radius 2 is 2.15 bits per heavy atom. The maximum Gasteiger partial charge on any atom is 0.262 e. The molecular formula is C14H17N3O2S. The molecule has 2 rings (SSSR count). The fourth-order valence-corrected chi connectivity index (χ4v) is 2.78. The van der Waals surface area contributed by atoms with E-state index >= 15 is 0 Å². The molecular weight excluding hydrogens is 274 g/mol. The molecule has 1 amide bonds. The van der Waals surface area contributed by atoms with E-state index in [0.717, 1.165) is 6.42 Å². The van der Waals surface area contributed by atoms with Gasteiger partial charge in [-0.25, -0.2) is 4.98 Å². The second-order valence-corrected chi connectivity index (χ2v) is 5.27. The van der Waals surface area contributed by atoms with Crippen LogP contribution in [0.3, 0.4) is 0 Å². The molecule has 0 saturated carbocycles. The lowest BCUT2D eigenvalue weighted by Crippen LogP contribution is -2.25. The van der Waals surface area contributed by atoms with Crippen LogP contribution in [0, 0.1) is 0 Å². The fraction of sp³-hybridized carbons (Fsp3) is 0.357. The second-order valence-electron chi connectivity index (χ2n) is 4.33. The van der Waals surface area contributed by atoms with E-state index in [1.165, 1.54) is 11.8 Å². The molecule has 20 heavy (non-hydrogen) atoms. The number of benzene rings is 1. The standard InChI is InChI=1S/C14H17N3O2S/c1-3-8-17-13(19)10-6-4-5-7-11(10)16-14(17)20-9-12(18)15-2/h4-7H,3,8-9H2,1-2H3,(H,15,18). The van der Waals surface area contributed by atoms with Crippen LogP contribution < -0.4 is 10.9 Å². The Balaban J connectivity index is 2.48. The van der Waals surface area contributed by atoms with Crippen LogP contribution >= 0.6 is 11.8 Å². The van der Waals surface area contributed by atoms with Crippen LogP contribution in [-0.4, -0.2) is 28.3 Å². The highest BCUT2D eigenvalue weighted by Crippen LogP contribution is 2.17. The zero-order valence-corrected chi connectivity index (χ0v) is 12.4. The van der Waals surface area contributed by atoms with Gasteiger partial charge in [0.15, 0.2) is 5.16 Å². The smallest absolute Gasteiger partial charge is 0.262 e. The lowest BCUT2D eigenvalue weighted by atomic mass is 10.2. The summed E-state index contributed by atoms with van der Waals surface area (Å²) in [4.78, 5) is 28.3. The average molecular weight is 291 g/mol. The average Bonchev–Trinajstić information content (AvgIpc) is 2.48. The number of hydrogen-bond donors (Lipinski definition) is 1. The van der Waals surface area contributed by atoms with Gasteiger partial charge < -0.3 is 5.32 Å². The van der Waals surface area contributed by atoms with Gasteiger partial charge in [0.25, 0.3) is 5.56 Å². The first-order valence-electron chi connectivity index (χ1n) is 6.50. The number of nitrogens with one attached hydrogen (secondary N) is 1. The molecule has 0 fully saturated rings. The highest BCUT2D eigenvalue weighted by Gasteiger charge is 2.11. The van der Waals surface area contributed by atoms with Gasteiger partial charge in [-0.1, -0.05) is 30.8 Å². The molecule has 0 spiro atoms. The number of rotatable bonds is 5. The molecule has 0 bridgehead atoms. The first kappa shape index (κ1) is 14.6. The van der Waals surface area contributed by atoms with E-state index in [2.05, 4.69) is 10.3 Å². The van der Waals surface area contributed by atoms with Gasteiger partial charge in [-0.05, 0) is 18.6 Å². The molecule has 0 atom stereocenters. The molecule has 6 heteroatoms. The van der Waals surface area contributed by atoms with Gasteiger partial charge in [0.2, 0.25) is 5.91 Å². The minimum atomic E-state index is -0.0829. The van der Waals surface area contributed by atoms with Crippen molar-refractivity contribution < 1.29 is 4.79 Å². The van der Waals surface area contributed by atoms with Crippen LogP contribution in [0.4, 0.5) is 0 Å². The Morgan fingerprint density at radius 3 is 2.85 bits per heavy atom. The van der Waals surface area contributed by atoms with E-state index in [0.29, 0.717) is 22.6 Å². The Morgan fingerprint density at radius 1 is 1.40 bits per heavy atom. The van der Waals surface area contributed by atoms with Crippen molar-refractivity contribution in [1.29, 1.82) is 0 Å². The number of amides is 1. The Bertz CT molecular complexity index is 682. The highest BCUT2D eigenvalue weighted by molar-refractivity contribution is 7.99. The predicted molar refractivity (Wildman–Crippen MR) is 81.1 cm³/mol. The first-order chi connectivity index (χ1) is 9.67. The van der Waals surface area contributed by atoms with Crippen LogP contribution in [0.25, 0.3) is 10.9 Å². The van der Waals surface area contributed by atoms with Crippen LogP contribution in [0.1, 0.15) is 13.3 Å². The summed E-state index contributed by atoms with van der Waals surface area (Å²) in [6.45, 7) is 2.61. The number of nitrogens with zero attached hydrogens (tertiary/aromatic N) is 2. The molecule has 0 saturated heterocycles. The molecule has 5 nitrogen and oxygen atoms in total. The Kier molecular flexibility index (Phi) is 4.79. The molecule has 1 N–H and O–H groups in total. The largest absolute Gasteiger partial charge is 0.358 e. The zero-order valence-electron chi connectivity index (χ0n) is 11.5. The topological polar surface area (TPSA) is 64.0 Å². The lowest BCUT2D eigenvalue weighted by molar-refractivity contribution is -0.118. The number of hydrogen-bond acceptors (Lipinski definition) is 4. The summed E-state index contributed by atoms with van der Waals surface area (Å²) in [6.07, 6.45) is 0.841. The van der Waals surface area contributed by atoms with Crippen LogP contribution in [0.15, 0.2) is 34.2 Å². The van der Waals surface area contributed by atoms with Crippen molar-refractivity contribution in [2.45, 2.75) is 25.0 Å². The maximum absolute atomic E-state index is 12.5. The van der Waals surface area contributed by atoms with Gasteiger partial charge in [0.1, 0.15) is 0 Å². The first-order valence-corrected chi connectivity index (χ1v) is 7.49. The van der Waals surface area contributed by atoms with E-state index in [-0.39, 0.29) is 17.2 Å². The summed E-state index contributed by atoms with van der Waals surface area (Å²) >= 11 is 1.29. The van der Waals surface area contributed by atoms with Gasteiger partial charge >= 0.3 is 0 Å². The summed E-state index contributed by atoms with van der Waals surface area (Å²) < 4.78 is 1.65. The third-order valence-electron chi connectivity index (χ3n) is 2.89. The molecule has 1 aromatic heterocycles. The summed E-state index contributed by atoms with van der Waals surface area (Å²) in [5.74, 6) is 0.172. The van der Waals surface area contributed by atoms with E-state index in [4.69, 9.17) is 0 Å². The highest BCUT2D eigenvalue weighted by atomic mass is 32.2. The van der Waals surface area contributed by atoms with Gasteiger partial charge in [-0.3, -0.25) is 14.2 Å². The minimum absolute atomic E-state index is 0.0446. The van der Waals surface area contributed by atoms with E-state index < -0.39 is 0 Å². The molecule has 1 heterocycles. The number of fused-ring (bicyclic) bond motifs is 1. The number of aromatic nitrogens is 2. The van der Waals surface area contributed by atoms with Crippen molar-refractivity contribution in [3.63, 3.8) is 0 Å². The van der Waals surface area contributed by atoms with E-state index in [1.807, 2.05) is 25.1 Å². The molecule has 0 radical (unpaired) electrons. The SMILES string of the molecule is CCCn1c(SCC(=O)NC)nc2ccccc2c1=O. The molecule has 1 aromatic carbocycles. The summed E-state index contributed by atoms with van der Waals surface area (Å²) in [6, 6.07) is 7.28. The van der Waals surface area contributed by atoms with E-state index in [1.54, 1.807) is 17.7 Å². The van der Waals surface area contributed by atoms with Crippen molar-refractivity contribution in [1.82, 2.24) is 14.9 Å². The molecule has 0 aliphatic rings. The van der Waals surface area contributed by atoms with Crippen LogP contribution in [-0.2, 0) is 11.3 Å². The summed E-state index contributed by atoms with van der Waals surface area (Å²) in [5, 5.41) is 3.78. The normalized spacial score (nSPS) is 10.7. The van der Waals surface area contributed by atoms with Crippen molar-refractivity contribution in [3.05, 3.63) is 34.6 Å².